The Balaban J connectivity index is 1.52. The second kappa shape index (κ2) is 9.28. The third-order valence-corrected chi connectivity index (χ3v) is 4.52. The highest BCUT2D eigenvalue weighted by Gasteiger charge is 2.10. The van der Waals surface area contributed by atoms with Crippen LogP contribution in [0.25, 0.3) is 0 Å². The minimum absolute atomic E-state index is 0.176. The number of hydrogen-bond donors (Lipinski definition) is 1. The standard InChI is InChI=1S/C21H22ClN3O3/c1-3-25-13-19(22)20(24-25)12-23-21(26)16-6-4-15(5-7-16)14-28-18-10-8-17(27-2)9-11-18/h4-11,13H,3,12,14H2,1-2H3,(H,23,26). The fourth-order valence-electron chi connectivity index (χ4n) is 2.58. The van der Waals surface area contributed by atoms with E-state index >= 15 is 0 Å². The van der Waals surface area contributed by atoms with Crippen LogP contribution >= 0.6 is 11.6 Å². The molecule has 6 nitrogen and oxygen atoms in total. The molecule has 1 aromatic heterocycles. The zero-order valence-electron chi connectivity index (χ0n) is 15.8. The van der Waals surface area contributed by atoms with Crippen molar-refractivity contribution in [3.8, 4) is 11.5 Å². The first kappa shape index (κ1) is 19.8. The Morgan fingerprint density at radius 3 is 2.39 bits per heavy atom. The minimum atomic E-state index is -0.176. The molecule has 0 fully saturated rings. The molecular weight excluding hydrogens is 378 g/mol. The van der Waals surface area contributed by atoms with E-state index in [2.05, 4.69) is 10.4 Å². The van der Waals surface area contributed by atoms with E-state index in [-0.39, 0.29) is 12.5 Å². The highest BCUT2D eigenvalue weighted by molar-refractivity contribution is 6.31. The number of ether oxygens (including phenoxy) is 2. The van der Waals surface area contributed by atoms with Gasteiger partial charge in [-0.05, 0) is 48.9 Å². The van der Waals surface area contributed by atoms with Gasteiger partial charge in [-0.3, -0.25) is 9.48 Å². The highest BCUT2D eigenvalue weighted by atomic mass is 35.5. The summed E-state index contributed by atoms with van der Waals surface area (Å²) in [6.07, 6.45) is 1.75. The lowest BCUT2D eigenvalue weighted by Gasteiger charge is -2.08. The smallest absolute Gasteiger partial charge is 0.251 e. The molecule has 1 N–H and O–H groups in total. The molecular formula is C21H22ClN3O3. The Labute approximate surface area is 169 Å². The van der Waals surface area contributed by atoms with Gasteiger partial charge in [0.05, 0.1) is 18.7 Å². The average molecular weight is 400 g/mol. The average Bonchev–Trinajstić information content (AvgIpc) is 3.11. The molecule has 2 aromatic carbocycles. The van der Waals surface area contributed by atoms with Gasteiger partial charge in [0.1, 0.15) is 23.8 Å². The summed E-state index contributed by atoms with van der Waals surface area (Å²) in [4.78, 5) is 12.3. The fourth-order valence-corrected chi connectivity index (χ4v) is 2.79. The Hall–Kier alpha value is -2.99. The molecule has 0 unspecified atom stereocenters. The van der Waals surface area contributed by atoms with Crippen molar-refractivity contribution in [1.82, 2.24) is 15.1 Å². The number of hydrogen-bond acceptors (Lipinski definition) is 4. The topological polar surface area (TPSA) is 65.4 Å². The van der Waals surface area contributed by atoms with Crippen LogP contribution in [0.2, 0.25) is 5.02 Å². The summed E-state index contributed by atoms with van der Waals surface area (Å²) in [6.45, 7) is 3.41. The molecule has 0 radical (unpaired) electrons. The Bertz CT molecular complexity index is 921. The Morgan fingerprint density at radius 1 is 1.11 bits per heavy atom. The van der Waals surface area contributed by atoms with Crippen molar-refractivity contribution < 1.29 is 14.3 Å². The molecule has 0 bridgehead atoms. The third kappa shape index (κ3) is 5.04. The zero-order valence-corrected chi connectivity index (χ0v) is 16.6. The molecule has 1 amide bonds. The van der Waals surface area contributed by atoms with Gasteiger partial charge >= 0.3 is 0 Å². The molecule has 28 heavy (non-hydrogen) atoms. The summed E-state index contributed by atoms with van der Waals surface area (Å²) in [7, 11) is 1.62. The lowest BCUT2D eigenvalue weighted by atomic mass is 10.1. The summed E-state index contributed by atoms with van der Waals surface area (Å²) in [5.74, 6) is 1.36. The minimum Gasteiger partial charge on any atom is -0.497 e. The zero-order chi connectivity index (χ0) is 19.9. The van der Waals surface area contributed by atoms with E-state index in [1.54, 1.807) is 30.1 Å². The van der Waals surface area contributed by atoms with Crippen LogP contribution < -0.4 is 14.8 Å². The van der Waals surface area contributed by atoms with E-state index in [1.807, 2.05) is 43.3 Å². The Morgan fingerprint density at radius 2 is 1.79 bits per heavy atom. The van der Waals surface area contributed by atoms with Crippen LogP contribution in [-0.2, 0) is 19.7 Å². The number of carbonyl (C=O) groups is 1. The first-order chi connectivity index (χ1) is 13.6. The molecule has 0 saturated heterocycles. The molecule has 0 atom stereocenters. The van der Waals surface area contributed by atoms with Crippen molar-refractivity contribution in [3.63, 3.8) is 0 Å². The summed E-state index contributed by atoms with van der Waals surface area (Å²) in [5.41, 5.74) is 2.19. The van der Waals surface area contributed by atoms with Gasteiger partial charge in [0, 0.05) is 18.3 Å². The van der Waals surface area contributed by atoms with Crippen molar-refractivity contribution in [3.05, 3.63) is 76.6 Å². The normalized spacial score (nSPS) is 10.5. The van der Waals surface area contributed by atoms with Crippen molar-refractivity contribution in [2.75, 3.05) is 7.11 Å². The molecule has 0 spiro atoms. The van der Waals surface area contributed by atoms with Gasteiger partial charge in [0.2, 0.25) is 0 Å². The van der Waals surface area contributed by atoms with Crippen LogP contribution in [0.1, 0.15) is 28.5 Å². The maximum absolute atomic E-state index is 12.3. The maximum atomic E-state index is 12.3. The highest BCUT2D eigenvalue weighted by Crippen LogP contribution is 2.18. The second-order valence-corrected chi connectivity index (χ2v) is 6.53. The van der Waals surface area contributed by atoms with E-state index < -0.39 is 0 Å². The van der Waals surface area contributed by atoms with Crippen LogP contribution in [0.3, 0.4) is 0 Å². The van der Waals surface area contributed by atoms with E-state index in [1.165, 1.54) is 0 Å². The predicted molar refractivity (Wildman–Crippen MR) is 108 cm³/mol. The number of aryl methyl sites for hydroxylation is 1. The number of amides is 1. The van der Waals surface area contributed by atoms with Gasteiger partial charge in [0.15, 0.2) is 0 Å². The Kier molecular flexibility index (Phi) is 6.55. The summed E-state index contributed by atoms with van der Waals surface area (Å²) < 4.78 is 12.6. The molecule has 0 saturated carbocycles. The van der Waals surface area contributed by atoms with Crippen LogP contribution in [0, 0.1) is 0 Å². The number of halogens is 1. The monoisotopic (exact) mass is 399 g/mol. The quantitative estimate of drug-likeness (QED) is 0.620. The molecule has 0 aliphatic heterocycles. The van der Waals surface area contributed by atoms with Crippen molar-refractivity contribution >= 4 is 17.5 Å². The number of rotatable bonds is 8. The second-order valence-electron chi connectivity index (χ2n) is 6.12. The van der Waals surface area contributed by atoms with Crippen molar-refractivity contribution in [1.29, 1.82) is 0 Å². The van der Waals surface area contributed by atoms with Crippen LogP contribution in [-0.4, -0.2) is 22.8 Å². The lowest BCUT2D eigenvalue weighted by molar-refractivity contribution is 0.0950. The van der Waals surface area contributed by atoms with Gasteiger partial charge in [0.25, 0.3) is 5.91 Å². The van der Waals surface area contributed by atoms with Crippen LogP contribution in [0.4, 0.5) is 0 Å². The van der Waals surface area contributed by atoms with Gasteiger partial charge in [-0.15, -0.1) is 0 Å². The van der Waals surface area contributed by atoms with Crippen LogP contribution in [0.5, 0.6) is 11.5 Å². The number of nitrogens with one attached hydrogen (secondary N) is 1. The van der Waals surface area contributed by atoms with Crippen molar-refractivity contribution in [2.45, 2.75) is 26.6 Å². The summed E-state index contributed by atoms with van der Waals surface area (Å²) in [6, 6.07) is 14.7. The number of aromatic nitrogens is 2. The lowest BCUT2D eigenvalue weighted by Crippen LogP contribution is -2.23. The number of methoxy groups -OCH3 is 1. The summed E-state index contributed by atoms with van der Waals surface area (Å²) >= 11 is 6.12. The molecule has 146 valence electrons. The number of carbonyl (C=O) groups excluding carboxylic acids is 1. The third-order valence-electron chi connectivity index (χ3n) is 4.21. The van der Waals surface area contributed by atoms with Gasteiger partial charge in [-0.25, -0.2) is 0 Å². The van der Waals surface area contributed by atoms with Crippen LogP contribution in [0.15, 0.2) is 54.7 Å². The number of benzene rings is 2. The van der Waals surface area contributed by atoms with E-state index in [9.17, 15) is 4.79 Å². The molecule has 0 aliphatic rings. The van der Waals surface area contributed by atoms with Gasteiger partial charge < -0.3 is 14.8 Å². The SMILES string of the molecule is CCn1cc(Cl)c(CNC(=O)c2ccc(COc3ccc(OC)cc3)cc2)n1. The molecule has 0 aliphatic carbocycles. The first-order valence-electron chi connectivity index (χ1n) is 8.95. The largest absolute Gasteiger partial charge is 0.497 e. The maximum Gasteiger partial charge on any atom is 0.251 e. The first-order valence-corrected chi connectivity index (χ1v) is 9.32. The number of nitrogens with zero attached hydrogens (tertiary/aromatic N) is 2. The molecule has 3 rings (SSSR count). The van der Waals surface area contributed by atoms with E-state index in [0.29, 0.717) is 22.9 Å². The van der Waals surface area contributed by atoms with E-state index in [0.717, 1.165) is 23.6 Å². The van der Waals surface area contributed by atoms with Gasteiger partial charge in [-0.2, -0.15) is 5.10 Å². The van der Waals surface area contributed by atoms with Crippen molar-refractivity contribution in [2.24, 2.45) is 0 Å². The summed E-state index contributed by atoms with van der Waals surface area (Å²) in [5, 5.41) is 7.71. The molecule has 7 heteroatoms. The van der Waals surface area contributed by atoms with E-state index in [4.69, 9.17) is 21.1 Å². The molecule has 1 heterocycles. The van der Waals surface area contributed by atoms with Gasteiger partial charge in [-0.1, -0.05) is 23.7 Å². The predicted octanol–water partition coefficient (Wildman–Crippen LogP) is 4.07. The fraction of sp³-hybridized carbons (Fsp3) is 0.238. The molecule has 3 aromatic rings.